The molecule has 3 rings (SSSR count). The smallest absolute Gasteiger partial charge is 0.382 e. The highest BCUT2D eigenvalue weighted by Crippen LogP contribution is 2.15. The number of H-pyrrole nitrogens is 1. The van der Waals surface area contributed by atoms with E-state index in [2.05, 4.69) is 15.0 Å². The minimum atomic E-state index is -0.951. The van der Waals surface area contributed by atoms with E-state index in [4.69, 9.17) is 20.1 Å². The fourth-order valence-corrected chi connectivity index (χ4v) is 2.13. The van der Waals surface area contributed by atoms with Gasteiger partial charge in [0, 0.05) is 7.11 Å². The van der Waals surface area contributed by atoms with Gasteiger partial charge in [0.2, 0.25) is 5.65 Å². The number of ether oxygens (including phenoxy) is 1. The van der Waals surface area contributed by atoms with Gasteiger partial charge in [0.25, 0.3) is 0 Å². The number of amides is 1. The lowest BCUT2D eigenvalue weighted by atomic mass is 10.3. The molecule has 0 aliphatic rings. The van der Waals surface area contributed by atoms with Crippen LogP contribution in [0.3, 0.4) is 0 Å². The third kappa shape index (κ3) is 3.48. The van der Waals surface area contributed by atoms with Gasteiger partial charge in [-0.2, -0.15) is 5.06 Å². The molecule has 3 aromatic rings. The van der Waals surface area contributed by atoms with Crippen molar-refractivity contribution in [1.82, 2.24) is 19.7 Å². The fourth-order valence-electron chi connectivity index (χ4n) is 2.13. The number of anilines is 2. The van der Waals surface area contributed by atoms with Gasteiger partial charge in [-0.15, -0.1) is 0 Å². The Labute approximate surface area is 146 Å². The highest BCUT2D eigenvalue weighted by molar-refractivity contribution is 5.86. The molecule has 2 heterocycles. The van der Waals surface area contributed by atoms with Gasteiger partial charge in [0.15, 0.2) is 5.82 Å². The summed E-state index contributed by atoms with van der Waals surface area (Å²) in [7, 11) is 1.50. The summed E-state index contributed by atoms with van der Waals surface area (Å²) < 4.78 is 5.59. The zero-order valence-corrected chi connectivity index (χ0v) is 13.8. The van der Waals surface area contributed by atoms with Gasteiger partial charge in [-0.05, 0) is 12.1 Å². The van der Waals surface area contributed by atoms with Crippen molar-refractivity contribution in [3.8, 4) is 0 Å². The van der Waals surface area contributed by atoms with E-state index < -0.39 is 11.8 Å². The van der Waals surface area contributed by atoms with E-state index >= 15 is 0 Å². The lowest BCUT2D eigenvalue weighted by Gasteiger charge is -2.20. The normalized spacial score (nSPS) is 10.8. The van der Waals surface area contributed by atoms with Crippen molar-refractivity contribution < 1.29 is 19.2 Å². The molecule has 0 aliphatic carbocycles. The lowest BCUT2D eigenvalue weighted by Crippen LogP contribution is -2.40. The van der Waals surface area contributed by atoms with Crippen LogP contribution in [0.15, 0.2) is 41.5 Å². The van der Waals surface area contributed by atoms with Crippen LogP contribution in [0.5, 0.6) is 0 Å². The van der Waals surface area contributed by atoms with Crippen molar-refractivity contribution in [2.75, 3.05) is 31.1 Å². The second-order valence-electron chi connectivity index (χ2n) is 5.00. The maximum atomic E-state index is 12.6. The Morgan fingerprint density at radius 3 is 2.77 bits per heavy atom. The maximum Gasteiger partial charge on any atom is 0.463 e. The van der Waals surface area contributed by atoms with Crippen LogP contribution in [-0.4, -0.2) is 46.1 Å². The number of hydroxylamine groups is 1. The van der Waals surface area contributed by atoms with Crippen LogP contribution in [0.4, 0.5) is 16.3 Å². The number of nitrogen functional groups attached to an aromatic ring is 1. The number of fused-ring (bicyclic) bond motifs is 1. The van der Waals surface area contributed by atoms with Crippen LogP contribution in [0, 0.1) is 0 Å². The summed E-state index contributed by atoms with van der Waals surface area (Å²) in [5.74, 6) is 0.0539. The third-order valence-corrected chi connectivity index (χ3v) is 3.30. The van der Waals surface area contributed by atoms with Gasteiger partial charge in [0.05, 0.1) is 18.9 Å². The number of imidazole rings is 1. The molecule has 0 bridgehead atoms. The summed E-state index contributed by atoms with van der Waals surface area (Å²) in [5, 5.41) is 0.912. The minimum absolute atomic E-state index is 0.0285. The lowest BCUT2D eigenvalue weighted by molar-refractivity contribution is 0.0417. The van der Waals surface area contributed by atoms with Crippen molar-refractivity contribution in [3.05, 3.63) is 47.1 Å². The first-order chi connectivity index (χ1) is 12.6. The number of rotatable bonds is 6. The van der Waals surface area contributed by atoms with E-state index in [-0.39, 0.29) is 30.2 Å². The number of nitrogens with one attached hydrogen (secondary N) is 1. The van der Waals surface area contributed by atoms with Crippen LogP contribution in [0.2, 0.25) is 0 Å². The van der Waals surface area contributed by atoms with E-state index in [1.165, 1.54) is 7.11 Å². The van der Waals surface area contributed by atoms with Gasteiger partial charge in [-0.3, -0.25) is 9.82 Å². The average molecular weight is 360 g/mol. The molecule has 1 amide bonds. The SMILES string of the molecule is COCCON(C(=O)On1c(=O)[nH]c2c(N)ncnc21)c1ccccc1. The van der Waals surface area contributed by atoms with Crippen LogP contribution >= 0.6 is 0 Å². The molecule has 11 heteroatoms. The molecule has 2 aromatic heterocycles. The molecule has 0 fully saturated rings. The van der Waals surface area contributed by atoms with E-state index in [0.717, 1.165) is 11.4 Å². The van der Waals surface area contributed by atoms with E-state index in [1.54, 1.807) is 30.3 Å². The van der Waals surface area contributed by atoms with Crippen molar-refractivity contribution >= 4 is 28.8 Å². The van der Waals surface area contributed by atoms with Crippen molar-refractivity contribution in [2.24, 2.45) is 0 Å². The predicted molar refractivity (Wildman–Crippen MR) is 91.3 cm³/mol. The highest BCUT2D eigenvalue weighted by atomic mass is 16.8. The molecular formula is C15H16N6O5. The summed E-state index contributed by atoms with van der Waals surface area (Å²) in [4.78, 5) is 45.3. The largest absolute Gasteiger partial charge is 0.463 e. The van der Waals surface area contributed by atoms with Gasteiger partial charge in [0.1, 0.15) is 11.8 Å². The van der Waals surface area contributed by atoms with Crippen molar-refractivity contribution in [3.63, 3.8) is 0 Å². The van der Waals surface area contributed by atoms with Crippen LogP contribution < -0.4 is 21.3 Å². The van der Waals surface area contributed by atoms with Crippen molar-refractivity contribution in [1.29, 1.82) is 0 Å². The zero-order valence-electron chi connectivity index (χ0n) is 13.8. The number of nitrogens with two attached hydrogens (primary N) is 1. The predicted octanol–water partition coefficient (Wildman–Crippen LogP) is 0.335. The van der Waals surface area contributed by atoms with Gasteiger partial charge in [-0.1, -0.05) is 22.9 Å². The molecule has 1 aromatic carbocycles. The number of para-hydroxylation sites is 1. The van der Waals surface area contributed by atoms with Gasteiger partial charge >= 0.3 is 11.8 Å². The molecule has 11 nitrogen and oxygen atoms in total. The molecule has 0 saturated heterocycles. The Hall–Kier alpha value is -3.44. The number of hydrogen-bond donors (Lipinski definition) is 2. The Balaban J connectivity index is 1.89. The number of methoxy groups -OCH3 is 1. The molecule has 0 atom stereocenters. The number of benzene rings is 1. The number of aromatic nitrogens is 4. The first-order valence-electron chi connectivity index (χ1n) is 7.52. The number of aromatic amines is 1. The van der Waals surface area contributed by atoms with E-state index in [1.807, 2.05) is 0 Å². The Bertz CT molecular complexity index is 954. The molecule has 0 saturated carbocycles. The Morgan fingerprint density at radius 1 is 1.27 bits per heavy atom. The zero-order chi connectivity index (χ0) is 18.5. The number of nitrogens with zero attached hydrogens (tertiary/aromatic N) is 4. The van der Waals surface area contributed by atoms with Crippen LogP contribution in [0.1, 0.15) is 0 Å². The monoisotopic (exact) mass is 360 g/mol. The first-order valence-corrected chi connectivity index (χ1v) is 7.52. The Kier molecular flexibility index (Phi) is 5.10. The summed E-state index contributed by atoms with van der Waals surface area (Å²) >= 11 is 0. The molecule has 0 spiro atoms. The first kappa shape index (κ1) is 17.4. The van der Waals surface area contributed by atoms with E-state index in [0.29, 0.717) is 10.4 Å². The van der Waals surface area contributed by atoms with Gasteiger partial charge < -0.3 is 15.3 Å². The van der Waals surface area contributed by atoms with Crippen LogP contribution in [0.25, 0.3) is 11.2 Å². The average Bonchev–Trinajstić information content (AvgIpc) is 2.97. The number of carbonyl (C=O) groups is 1. The third-order valence-electron chi connectivity index (χ3n) is 3.30. The van der Waals surface area contributed by atoms with E-state index in [9.17, 15) is 9.59 Å². The number of carbonyl (C=O) groups excluding carboxylic acids is 1. The highest BCUT2D eigenvalue weighted by Gasteiger charge is 2.23. The second kappa shape index (κ2) is 7.63. The maximum absolute atomic E-state index is 12.6. The molecule has 0 aliphatic heterocycles. The van der Waals surface area contributed by atoms with Gasteiger partial charge in [-0.25, -0.2) is 19.6 Å². The number of hydrogen-bond acceptors (Lipinski definition) is 8. The van der Waals surface area contributed by atoms with Crippen molar-refractivity contribution in [2.45, 2.75) is 0 Å². The molecule has 136 valence electrons. The molecule has 3 N–H and O–H groups in total. The summed E-state index contributed by atoms with van der Waals surface area (Å²) in [6.45, 7) is 0.353. The minimum Gasteiger partial charge on any atom is -0.382 e. The standard InChI is InChI=1S/C15H16N6O5/c1-24-7-8-25-20(10-5-3-2-4-6-10)15(23)26-21-13-11(19-14(21)22)12(16)17-9-18-13/h2-6,9H,7-8H2,1H3,(H,19,22)(H2,16,17,18). The molecule has 26 heavy (non-hydrogen) atoms. The summed E-state index contributed by atoms with van der Waals surface area (Å²) in [6.07, 6.45) is 0.201. The topological polar surface area (TPSA) is 138 Å². The fraction of sp³-hybridized carbons (Fsp3) is 0.200. The second-order valence-corrected chi connectivity index (χ2v) is 5.00. The quantitative estimate of drug-likeness (QED) is 0.474. The summed E-state index contributed by atoms with van der Waals surface area (Å²) in [5.41, 5.74) is 5.55. The van der Waals surface area contributed by atoms with Crippen LogP contribution in [-0.2, 0) is 9.57 Å². The Morgan fingerprint density at radius 2 is 2.04 bits per heavy atom. The molecule has 0 unspecified atom stereocenters. The molecule has 0 radical (unpaired) electrons. The summed E-state index contributed by atoms with van der Waals surface area (Å²) in [6, 6.07) is 8.52. The molecular weight excluding hydrogens is 344 g/mol.